The van der Waals surface area contributed by atoms with E-state index < -0.39 is 15.9 Å². The molecule has 0 bridgehead atoms. The van der Waals surface area contributed by atoms with E-state index in [1.807, 2.05) is 13.0 Å². The zero-order valence-corrected chi connectivity index (χ0v) is 18.1. The normalized spacial score (nSPS) is 17.0. The number of ether oxygens (including phenoxy) is 1. The van der Waals surface area contributed by atoms with Gasteiger partial charge in [-0.05, 0) is 48.2 Å². The molecule has 4 rings (SSSR count). The number of fused-ring (bicyclic) bond motifs is 1. The summed E-state index contributed by atoms with van der Waals surface area (Å²) in [6.07, 6.45) is 1.64. The molecule has 2 N–H and O–H groups in total. The molecule has 164 valence electrons. The molecule has 9 heteroatoms. The third-order valence-electron chi connectivity index (χ3n) is 5.56. The Morgan fingerprint density at radius 1 is 1.13 bits per heavy atom. The number of amides is 2. The highest BCUT2D eigenvalue weighted by Crippen LogP contribution is 2.27. The number of carbonyl (C=O) groups is 2. The first-order chi connectivity index (χ1) is 14.9. The zero-order chi connectivity index (χ0) is 22.0. The molecular weight excluding hydrogens is 418 g/mol. The van der Waals surface area contributed by atoms with Crippen LogP contribution in [0.15, 0.2) is 41.3 Å². The highest BCUT2D eigenvalue weighted by atomic mass is 32.2. The lowest BCUT2D eigenvalue weighted by molar-refractivity contribution is -0.116. The number of nitrogens with zero attached hydrogens (tertiary/aromatic N) is 1. The number of benzene rings is 2. The molecule has 2 aliphatic rings. The summed E-state index contributed by atoms with van der Waals surface area (Å²) in [5.74, 6) is -0.466. The standard InChI is InChI=1S/C22H25N3O5S/c1-2-15-3-4-17(13-20(15)31(28,29)25-9-11-30-12-10-25)22(27)23-18-7-5-16-6-8-21(26)24-19(16)14-18/h3-5,7,13-14H,2,6,8-12H2,1H3,(H,23,27)(H,24,26). The second-order valence-electron chi connectivity index (χ2n) is 7.57. The summed E-state index contributed by atoms with van der Waals surface area (Å²) in [6.45, 7) is 3.19. The Labute approximate surface area is 181 Å². The quantitative estimate of drug-likeness (QED) is 0.738. The van der Waals surface area contributed by atoms with Crippen LogP contribution in [0.5, 0.6) is 0 Å². The van der Waals surface area contributed by atoms with Crippen molar-refractivity contribution in [1.29, 1.82) is 0 Å². The van der Waals surface area contributed by atoms with Crippen molar-refractivity contribution in [1.82, 2.24) is 4.31 Å². The molecule has 0 aromatic heterocycles. The Morgan fingerprint density at radius 2 is 1.90 bits per heavy atom. The van der Waals surface area contributed by atoms with Crippen molar-refractivity contribution in [2.24, 2.45) is 0 Å². The molecule has 8 nitrogen and oxygen atoms in total. The Morgan fingerprint density at radius 3 is 2.65 bits per heavy atom. The van der Waals surface area contributed by atoms with Crippen molar-refractivity contribution in [2.75, 3.05) is 36.9 Å². The zero-order valence-electron chi connectivity index (χ0n) is 17.3. The average molecular weight is 444 g/mol. The number of morpholine rings is 1. The van der Waals surface area contributed by atoms with Crippen LogP contribution in [0, 0.1) is 0 Å². The van der Waals surface area contributed by atoms with E-state index in [0.29, 0.717) is 62.5 Å². The van der Waals surface area contributed by atoms with Crippen LogP contribution in [-0.4, -0.2) is 50.8 Å². The van der Waals surface area contributed by atoms with Crippen molar-refractivity contribution < 1.29 is 22.7 Å². The number of aryl methyl sites for hydroxylation is 2. The number of hydrogen-bond acceptors (Lipinski definition) is 5. The molecule has 1 saturated heterocycles. The molecule has 2 heterocycles. The molecule has 2 aliphatic heterocycles. The minimum atomic E-state index is -3.73. The molecule has 0 atom stereocenters. The highest BCUT2D eigenvalue weighted by Gasteiger charge is 2.29. The fourth-order valence-corrected chi connectivity index (χ4v) is 5.53. The molecule has 0 aliphatic carbocycles. The van der Waals surface area contributed by atoms with Gasteiger partial charge >= 0.3 is 0 Å². The predicted octanol–water partition coefficient (Wildman–Crippen LogP) is 2.41. The van der Waals surface area contributed by atoms with Crippen LogP contribution in [-0.2, 0) is 32.4 Å². The Kier molecular flexibility index (Phi) is 6.08. The van der Waals surface area contributed by atoms with Crippen molar-refractivity contribution in [2.45, 2.75) is 31.1 Å². The molecule has 0 saturated carbocycles. The second kappa shape index (κ2) is 8.78. The van der Waals surface area contributed by atoms with Gasteiger partial charge in [0.05, 0.1) is 18.1 Å². The first kappa shape index (κ1) is 21.5. The summed E-state index contributed by atoms with van der Waals surface area (Å²) in [4.78, 5) is 24.7. The Bertz CT molecular complexity index is 1120. The van der Waals surface area contributed by atoms with Gasteiger partial charge in [-0.15, -0.1) is 0 Å². The van der Waals surface area contributed by atoms with Crippen LogP contribution >= 0.6 is 0 Å². The molecule has 0 radical (unpaired) electrons. The van der Waals surface area contributed by atoms with Gasteiger partial charge in [-0.1, -0.05) is 19.1 Å². The summed E-state index contributed by atoms with van der Waals surface area (Å²) in [5.41, 5.74) is 3.16. The maximum atomic E-state index is 13.2. The van der Waals surface area contributed by atoms with Crippen LogP contribution in [0.1, 0.15) is 34.8 Å². The molecule has 1 fully saturated rings. The van der Waals surface area contributed by atoms with Gasteiger partial charge in [0, 0.05) is 36.4 Å². The van der Waals surface area contributed by atoms with E-state index in [2.05, 4.69) is 10.6 Å². The lowest BCUT2D eigenvalue weighted by Crippen LogP contribution is -2.41. The van der Waals surface area contributed by atoms with Crippen LogP contribution < -0.4 is 10.6 Å². The van der Waals surface area contributed by atoms with E-state index in [1.54, 1.807) is 24.3 Å². The fraction of sp³-hybridized carbons (Fsp3) is 0.364. The van der Waals surface area contributed by atoms with Crippen molar-refractivity contribution >= 4 is 33.2 Å². The van der Waals surface area contributed by atoms with Crippen molar-refractivity contribution in [3.05, 3.63) is 53.1 Å². The number of nitrogens with one attached hydrogen (secondary N) is 2. The number of anilines is 2. The maximum absolute atomic E-state index is 13.2. The highest BCUT2D eigenvalue weighted by molar-refractivity contribution is 7.89. The van der Waals surface area contributed by atoms with E-state index in [9.17, 15) is 18.0 Å². The van der Waals surface area contributed by atoms with Crippen molar-refractivity contribution in [3.63, 3.8) is 0 Å². The summed E-state index contributed by atoms with van der Waals surface area (Å²) < 4.78 is 33.0. The van der Waals surface area contributed by atoms with E-state index in [-0.39, 0.29) is 16.4 Å². The summed E-state index contributed by atoms with van der Waals surface area (Å²) in [7, 11) is -3.73. The number of hydrogen-bond donors (Lipinski definition) is 2. The maximum Gasteiger partial charge on any atom is 0.255 e. The minimum absolute atomic E-state index is 0.0518. The Balaban J connectivity index is 1.60. The summed E-state index contributed by atoms with van der Waals surface area (Å²) in [5, 5.41) is 5.61. The van der Waals surface area contributed by atoms with Crippen LogP contribution in [0.2, 0.25) is 0 Å². The van der Waals surface area contributed by atoms with Gasteiger partial charge in [-0.25, -0.2) is 8.42 Å². The molecule has 0 spiro atoms. The van der Waals surface area contributed by atoms with Crippen LogP contribution in [0.3, 0.4) is 0 Å². The van der Waals surface area contributed by atoms with Crippen LogP contribution in [0.4, 0.5) is 11.4 Å². The Hall–Kier alpha value is -2.75. The van der Waals surface area contributed by atoms with Crippen LogP contribution in [0.25, 0.3) is 0 Å². The van der Waals surface area contributed by atoms with Gasteiger partial charge in [0.15, 0.2) is 0 Å². The summed E-state index contributed by atoms with van der Waals surface area (Å²) in [6, 6.07) is 10.1. The van der Waals surface area contributed by atoms with Gasteiger partial charge in [0.2, 0.25) is 15.9 Å². The van der Waals surface area contributed by atoms with Gasteiger partial charge in [0.25, 0.3) is 5.91 Å². The predicted molar refractivity (Wildman–Crippen MR) is 117 cm³/mol. The van der Waals surface area contributed by atoms with Gasteiger partial charge in [0.1, 0.15) is 0 Å². The topological polar surface area (TPSA) is 105 Å². The SMILES string of the molecule is CCc1ccc(C(=O)Nc2ccc3c(c2)NC(=O)CC3)cc1S(=O)(=O)N1CCOCC1. The van der Waals surface area contributed by atoms with Gasteiger partial charge < -0.3 is 15.4 Å². The van der Waals surface area contributed by atoms with E-state index in [4.69, 9.17) is 4.74 Å². The number of carbonyl (C=O) groups excluding carboxylic acids is 2. The largest absolute Gasteiger partial charge is 0.379 e. The first-order valence-corrected chi connectivity index (χ1v) is 11.8. The molecule has 2 aromatic carbocycles. The second-order valence-corrected chi connectivity index (χ2v) is 9.47. The molecule has 2 aromatic rings. The number of sulfonamides is 1. The van der Waals surface area contributed by atoms with E-state index in [0.717, 1.165) is 5.56 Å². The summed E-state index contributed by atoms with van der Waals surface area (Å²) >= 11 is 0. The molecule has 0 unspecified atom stereocenters. The van der Waals surface area contributed by atoms with E-state index in [1.165, 1.54) is 10.4 Å². The lowest BCUT2D eigenvalue weighted by atomic mass is 10.0. The third kappa shape index (κ3) is 4.48. The number of rotatable bonds is 5. The molecule has 2 amide bonds. The van der Waals surface area contributed by atoms with Gasteiger partial charge in [-0.3, -0.25) is 9.59 Å². The lowest BCUT2D eigenvalue weighted by Gasteiger charge is -2.27. The van der Waals surface area contributed by atoms with Gasteiger partial charge in [-0.2, -0.15) is 4.31 Å². The monoisotopic (exact) mass is 443 g/mol. The third-order valence-corrected chi connectivity index (χ3v) is 7.54. The van der Waals surface area contributed by atoms with E-state index >= 15 is 0 Å². The average Bonchev–Trinajstić information content (AvgIpc) is 2.79. The molecular formula is C22H25N3O5S. The first-order valence-electron chi connectivity index (χ1n) is 10.3. The minimum Gasteiger partial charge on any atom is -0.379 e. The smallest absolute Gasteiger partial charge is 0.255 e. The molecule has 31 heavy (non-hydrogen) atoms. The van der Waals surface area contributed by atoms with Crippen molar-refractivity contribution in [3.8, 4) is 0 Å². The fourth-order valence-electron chi connectivity index (χ4n) is 3.81.